The molecule has 0 atom stereocenters. The van der Waals surface area contributed by atoms with Crippen LogP contribution in [-0.4, -0.2) is 17.6 Å². The van der Waals surface area contributed by atoms with E-state index < -0.39 is 0 Å². The molecule has 0 aliphatic rings. The molecule has 0 aliphatic heterocycles. The van der Waals surface area contributed by atoms with E-state index in [4.69, 9.17) is 22.2 Å². The van der Waals surface area contributed by atoms with E-state index in [1.165, 1.54) is 0 Å². The van der Waals surface area contributed by atoms with E-state index in [0.717, 1.165) is 0 Å². The van der Waals surface area contributed by atoms with Gasteiger partial charge in [-0.25, -0.2) is 10.8 Å². The van der Waals surface area contributed by atoms with E-state index in [1.54, 1.807) is 19.1 Å². The van der Waals surface area contributed by atoms with E-state index in [2.05, 4.69) is 10.4 Å². The predicted octanol–water partition coefficient (Wildman–Crippen LogP) is 1.13. The Labute approximate surface area is 92.5 Å². The summed E-state index contributed by atoms with van der Waals surface area (Å²) in [4.78, 5) is 15.2. The van der Waals surface area contributed by atoms with Crippen LogP contribution in [0.2, 0.25) is 5.02 Å². The zero-order valence-electron chi connectivity index (χ0n) is 8.29. The average Bonchev–Trinajstić information content (AvgIpc) is 2.21. The second kappa shape index (κ2) is 5.53. The summed E-state index contributed by atoms with van der Waals surface area (Å²) >= 11 is 5.86. The topological polar surface area (TPSA) is 77.2 Å². The van der Waals surface area contributed by atoms with Gasteiger partial charge in [0, 0.05) is 0 Å². The number of anilines is 1. The summed E-state index contributed by atoms with van der Waals surface area (Å²) in [6.07, 6.45) is 0.0438. The van der Waals surface area contributed by atoms with E-state index in [0.29, 0.717) is 23.1 Å². The normalized spacial score (nSPS) is 9.80. The van der Waals surface area contributed by atoms with Crippen molar-refractivity contribution in [2.24, 2.45) is 5.84 Å². The molecule has 0 saturated heterocycles. The molecule has 0 unspecified atom stereocenters. The lowest BCUT2D eigenvalue weighted by Gasteiger charge is -2.05. The van der Waals surface area contributed by atoms with Crippen molar-refractivity contribution in [3.8, 4) is 0 Å². The third kappa shape index (κ3) is 3.38. The Morgan fingerprint density at radius 2 is 2.40 bits per heavy atom. The van der Waals surface area contributed by atoms with Gasteiger partial charge in [-0.2, -0.15) is 0 Å². The van der Waals surface area contributed by atoms with Gasteiger partial charge in [-0.3, -0.25) is 4.79 Å². The number of nitrogens with zero attached hydrogens (tertiary/aromatic N) is 1. The maximum absolute atomic E-state index is 11.2. The van der Waals surface area contributed by atoms with Gasteiger partial charge in [0.1, 0.15) is 5.82 Å². The lowest BCUT2D eigenvalue weighted by molar-refractivity contribution is -0.142. The first-order chi connectivity index (χ1) is 7.17. The van der Waals surface area contributed by atoms with Crippen LogP contribution in [0.15, 0.2) is 12.1 Å². The highest BCUT2D eigenvalue weighted by molar-refractivity contribution is 6.31. The zero-order chi connectivity index (χ0) is 11.3. The molecule has 0 radical (unpaired) electrons. The van der Waals surface area contributed by atoms with Crippen molar-refractivity contribution in [2.45, 2.75) is 13.3 Å². The molecule has 0 amide bonds. The van der Waals surface area contributed by atoms with Gasteiger partial charge in [-0.1, -0.05) is 11.6 Å². The number of pyridine rings is 1. The van der Waals surface area contributed by atoms with Crippen molar-refractivity contribution in [3.63, 3.8) is 0 Å². The molecule has 1 heterocycles. The van der Waals surface area contributed by atoms with Crippen LogP contribution in [-0.2, 0) is 16.0 Å². The molecule has 0 fully saturated rings. The molecule has 0 spiro atoms. The van der Waals surface area contributed by atoms with Gasteiger partial charge in [-0.05, 0) is 19.1 Å². The number of ether oxygens (including phenoxy) is 1. The summed E-state index contributed by atoms with van der Waals surface area (Å²) in [6, 6.07) is 3.25. The molecule has 0 saturated carbocycles. The Hall–Kier alpha value is -1.33. The standard InChI is InChI=1S/C9H12ClN3O2/c1-2-15-9(14)5-7-6(10)3-4-8(12-7)13-11/h3-4H,2,5,11H2,1H3,(H,12,13). The first-order valence-corrected chi connectivity index (χ1v) is 4.82. The Kier molecular flexibility index (Phi) is 4.33. The Morgan fingerprint density at radius 1 is 1.67 bits per heavy atom. The number of hydrogen-bond acceptors (Lipinski definition) is 5. The van der Waals surface area contributed by atoms with Crippen LogP contribution in [0.1, 0.15) is 12.6 Å². The number of hydrazine groups is 1. The molecule has 1 aromatic rings. The maximum Gasteiger partial charge on any atom is 0.311 e. The van der Waals surface area contributed by atoms with Crippen LogP contribution >= 0.6 is 11.6 Å². The minimum atomic E-state index is -0.360. The van der Waals surface area contributed by atoms with Crippen LogP contribution in [0.3, 0.4) is 0 Å². The number of carbonyl (C=O) groups is 1. The lowest BCUT2D eigenvalue weighted by atomic mass is 10.2. The fourth-order valence-electron chi connectivity index (χ4n) is 1.04. The van der Waals surface area contributed by atoms with Crippen molar-refractivity contribution in [1.82, 2.24) is 4.98 Å². The average molecular weight is 230 g/mol. The molecule has 0 bridgehead atoms. The lowest BCUT2D eigenvalue weighted by Crippen LogP contribution is -2.12. The first kappa shape index (κ1) is 11.7. The SMILES string of the molecule is CCOC(=O)Cc1nc(NN)ccc1Cl. The fourth-order valence-corrected chi connectivity index (χ4v) is 1.21. The number of halogens is 1. The summed E-state index contributed by atoms with van der Waals surface area (Å²) in [5.74, 6) is 5.28. The highest BCUT2D eigenvalue weighted by atomic mass is 35.5. The summed E-state index contributed by atoms with van der Waals surface area (Å²) in [7, 11) is 0. The largest absolute Gasteiger partial charge is 0.466 e. The maximum atomic E-state index is 11.2. The first-order valence-electron chi connectivity index (χ1n) is 4.45. The number of esters is 1. The zero-order valence-corrected chi connectivity index (χ0v) is 9.04. The molecule has 0 aliphatic carbocycles. The number of nitrogens with one attached hydrogen (secondary N) is 1. The number of nitrogens with two attached hydrogens (primary N) is 1. The minimum Gasteiger partial charge on any atom is -0.466 e. The smallest absolute Gasteiger partial charge is 0.311 e. The molecule has 1 rings (SSSR count). The van der Waals surface area contributed by atoms with Crippen molar-refractivity contribution in [2.75, 3.05) is 12.0 Å². The number of carbonyl (C=O) groups excluding carboxylic acids is 1. The van der Waals surface area contributed by atoms with Crippen LogP contribution in [0.25, 0.3) is 0 Å². The molecule has 0 aromatic carbocycles. The number of nitrogen functional groups attached to an aromatic ring is 1. The van der Waals surface area contributed by atoms with E-state index >= 15 is 0 Å². The third-order valence-electron chi connectivity index (χ3n) is 1.68. The number of aromatic nitrogens is 1. The Bertz CT molecular complexity index is 357. The van der Waals surface area contributed by atoms with Crippen LogP contribution in [0, 0.1) is 0 Å². The van der Waals surface area contributed by atoms with Gasteiger partial charge in [0.25, 0.3) is 0 Å². The summed E-state index contributed by atoms with van der Waals surface area (Å²) in [5, 5.41) is 0.419. The molecule has 6 heteroatoms. The predicted molar refractivity (Wildman–Crippen MR) is 57.4 cm³/mol. The minimum absolute atomic E-state index is 0.0438. The summed E-state index contributed by atoms with van der Waals surface area (Å²) < 4.78 is 4.79. The summed E-state index contributed by atoms with van der Waals surface area (Å²) in [5.41, 5.74) is 2.83. The highest BCUT2D eigenvalue weighted by Crippen LogP contribution is 2.16. The van der Waals surface area contributed by atoms with Crippen LogP contribution in [0.4, 0.5) is 5.82 Å². The molecular formula is C9H12ClN3O2. The van der Waals surface area contributed by atoms with E-state index in [9.17, 15) is 4.79 Å². The second-order valence-electron chi connectivity index (χ2n) is 2.75. The van der Waals surface area contributed by atoms with Crippen molar-refractivity contribution in [1.29, 1.82) is 0 Å². The quantitative estimate of drug-likeness (QED) is 0.460. The fraction of sp³-hybridized carbons (Fsp3) is 0.333. The molecule has 82 valence electrons. The molecule has 1 aromatic heterocycles. The van der Waals surface area contributed by atoms with Crippen LogP contribution in [0.5, 0.6) is 0 Å². The van der Waals surface area contributed by atoms with Gasteiger partial charge in [0.2, 0.25) is 0 Å². The number of rotatable bonds is 4. The van der Waals surface area contributed by atoms with Crippen molar-refractivity contribution < 1.29 is 9.53 Å². The molecular weight excluding hydrogens is 218 g/mol. The van der Waals surface area contributed by atoms with Crippen molar-refractivity contribution in [3.05, 3.63) is 22.8 Å². The van der Waals surface area contributed by atoms with Gasteiger partial charge in [0.15, 0.2) is 0 Å². The third-order valence-corrected chi connectivity index (χ3v) is 2.03. The van der Waals surface area contributed by atoms with Crippen LogP contribution < -0.4 is 11.3 Å². The molecule has 15 heavy (non-hydrogen) atoms. The van der Waals surface area contributed by atoms with Gasteiger partial charge >= 0.3 is 5.97 Å². The Morgan fingerprint density at radius 3 is 3.00 bits per heavy atom. The number of hydrogen-bond donors (Lipinski definition) is 2. The van der Waals surface area contributed by atoms with Crippen molar-refractivity contribution >= 4 is 23.4 Å². The van der Waals surface area contributed by atoms with Gasteiger partial charge in [-0.15, -0.1) is 0 Å². The Balaban J connectivity index is 2.79. The molecule has 3 N–H and O–H groups in total. The van der Waals surface area contributed by atoms with Gasteiger partial charge < -0.3 is 10.2 Å². The van der Waals surface area contributed by atoms with E-state index in [1.807, 2.05) is 0 Å². The monoisotopic (exact) mass is 229 g/mol. The highest BCUT2D eigenvalue weighted by Gasteiger charge is 2.09. The summed E-state index contributed by atoms with van der Waals surface area (Å²) in [6.45, 7) is 2.08. The molecule has 5 nitrogen and oxygen atoms in total. The van der Waals surface area contributed by atoms with E-state index in [-0.39, 0.29) is 12.4 Å². The van der Waals surface area contributed by atoms with Gasteiger partial charge in [0.05, 0.1) is 23.7 Å². The second-order valence-corrected chi connectivity index (χ2v) is 3.16.